The van der Waals surface area contributed by atoms with Crippen LogP contribution in [0, 0.1) is 22.7 Å². The van der Waals surface area contributed by atoms with Crippen LogP contribution in [-0.4, -0.2) is 7.11 Å². The summed E-state index contributed by atoms with van der Waals surface area (Å²) in [7, 11) is 4.38. The molecule has 1 aromatic carbocycles. The van der Waals surface area contributed by atoms with Gasteiger partial charge in [0.2, 0.25) is 0 Å². The number of rotatable bonds is 1. The molecule has 6 heteroatoms. The van der Waals surface area contributed by atoms with Crippen molar-refractivity contribution in [3.8, 4) is 17.9 Å². The Morgan fingerprint density at radius 2 is 2.12 bits per heavy atom. The number of hydrogen-bond donors (Lipinski definition) is 0. The molecule has 0 aromatic heterocycles. The van der Waals surface area contributed by atoms with Crippen molar-refractivity contribution >= 4 is 27.3 Å². The molecule has 2 rings (SSSR count). The molecular weight excluding hydrogens is 242 g/mol. The summed E-state index contributed by atoms with van der Waals surface area (Å²) in [6.45, 7) is 0. The van der Waals surface area contributed by atoms with Gasteiger partial charge in [0.15, 0.2) is 0 Å². The number of nitriles is 2. The van der Waals surface area contributed by atoms with E-state index in [4.69, 9.17) is 15.3 Å². The molecule has 0 N–H and O–H groups in total. The van der Waals surface area contributed by atoms with E-state index in [2.05, 4.69) is 4.40 Å². The quantitative estimate of drug-likeness (QED) is 0.550. The molecule has 0 saturated heterocycles. The van der Waals surface area contributed by atoms with E-state index in [1.54, 1.807) is 12.1 Å². The zero-order valence-corrected chi connectivity index (χ0v) is 9.85. The van der Waals surface area contributed by atoms with Crippen LogP contribution in [0.4, 0.5) is 0 Å². The fourth-order valence-corrected chi connectivity index (χ4v) is 3.05. The van der Waals surface area contributed by atoms with Gasteiger partial charge in [-0.05, 0) is 16.9 Å². The predicted molar refractivity (Wildman–Crippen MR) is 61.9 cm³/mol. The molecule has 0 spiro atoms. The molecule has 1 aromatic rings. The van der Waals surface area contributed by atoms with Crippen LogP contribution in [0.15, 0.2) is 21.4 Å². The maximum atomic E-state index is 8.85. The number of ether oxygens (including phenoxy) is 1. The monoisotopic (exact) mass is 247 g/mol. The molecule has 1 aliphatic heterocycles. The Balaban J connectivity index is 2.85. The van der Waals surface area contributed by atoms with Crippen LogP contribution in [0.5, 0.6) is 5.75 Å². The first-order valence-corrected chi connectivity index (χ1v) is 6.35. The Hall–Kier alpha value is -1.63. The highest BCUT2D eigenvalue weighted by molar-refractivity contribution is 8.76. The zero-order valence-electron chi connectivity index (χ0n) is 8.22. The molecule has 1 aliphatic rings. The van der Waals surface area contributed by atoms with Gasteiger partial charge in [0.1, 0.15) is 23.5 Å². The van der Waals surface area contributed by atoms with Crippen LogP contribution in [0.1, 0.15) is 0 Å². The fourth-order valence-electron chi connectivity index (χ4n) is 1.30. The average molecular weight is 247 g/mol. The summed E-state index contributed by atoms with van der Waals surface area (Å²) >= 11 is 0. The lowest BCUT2D eigenvalue weighted by Gasteiger charge is -2.01. The molecule has 0 saturated carbocycles. The van der Waals surface area contributed by atoms with Gasteiger partial charge in [-0.3, -0.25) is 0 Å². The number of nitrogens with zero attached hydrogens (tertiary/aromatic N) is 3. The first-order valence-electron chi connectivity index (χ1n) is 4.24. The van der Waals surface area contributed by atoms with Crippen LogP contribution in [-0.2, 0) is 0 Å². The second-order valence-corrected chi connectivity index (χ2v) is 4.75. The summed E-state index contributed by atoms with van der Waals surface area (Å²) < 4.78 is 9.34. The molecule has 16 heavy (non-hydrogen) atoms. The third-order valence-corrected chi connectivity index (χ3v) is 3.87. The van der Waals surface area contributed by atoms with E-state index in [-0.39, 0.29) is 5.57 Å². The van der Waals surface area contributed by atoms with E-state index < -0.39 is 0 Å². The second kappa shape index (κ2) is 4.48. The van der Waals surface area contributed by atoms with Gasteiger partial charge in [-0.25, -0.2) is 4.40 Å². The van der Waals surface area contributed by atoms with Gasteiger partial charge < -0.3 is 4.74 Å². The molecule has 4 nitrogen and oxygen atoms in total. The van der Waals surface area contributed by atoms with Gasteiger partial charge >= 0.3 is 0 Å². The molecule has 0 bridgehead atoms. The Labute approximate surface area is 99.8 Å². The Morgan fingerprint density at radius 1 is 1.38 bits per heavy atom. The first-order chi connectivity index (χ1) is 7.80. The summed E-state index contributed by atoms with van der Waals surface area (Å²) in [5.74, 6) is 0.503. The maximum absolute atomic E-state index is 8.85. The summed E-state index contributed by atoms with van der Waals surface area (Å²) in [4.78, 5) is 0.948. The van der Waals surface area contributed by atoms with Gasteiger partial charge in [-0.1, -0.05) is 0 Å². The average Bonchev–Trinajstić information content (AvgIpc) is 2.76. The minimum atomic E-state index is 0.0529. The van der Waals surface area contributed by atoms with E-state index >= 15 is 0 Å². The van der Waals surface area contributed by atoms with Crippen molar-refractivity contribution < 1.29 is 4.74 Å². The smallest absolute Gasteiger partial charge is 0.140 e. The third-order valence-electron chi connectivity index (χ3n) is 2.04. The molecule has 0 atom stereocenters. The van der Waals surface area contributed by atoms with Crippen molar-refractivity contribution in [3.05, 3.63) is 22.7 Å². The normalized spacial score (nSPS) is 11.9. The number of methoxy groups -OCH3 is 1. The molecular formula is C10H5N3OS2. The molecule has 0 unspecified atom stereocenters. The summed E-state index contributed by atoms with van der Waals surface area (Å²) in [6.07, 6.45) is 0. The standard InChI is InChI=1S/C10H5N3OS2/c1-14-9-3-8-10(15-16-13-8)2-7(9)6(4-11)5-12/h2-3H,1H3. The highest BCUT2D eigenvalue weighted by Crippen LogP contribution is 2.33. The fraction of sp³-hybridized carbons (Fsp3) is 0.100. The molecule has 0 fully saturated rings. The minimum Gasteiger partial charge on any atom is -0.496 e. The van der Waals surface area contributed by atoms with Gasteiger partial charge in [0.25, 0.3) is 0 Å². The van der Waals surface area contributed by atoms with Crippen molar-refractivity contribution in [1.82, 2.24) is 0 Å². The van der Waals surface area contributed by atoms with Gasteiger partial charge in [-0.2, -0.15) is 10.5 Å². The molecule has 78 valence electrons. The van der Waals surface area contributed by atoms with Crippen molar-refractivity contribution in [2.24, 2.45) is 4.40 Å². The largest absolute Gasteiger partial charge is 0.496 e. The molecule has 0 radical (unpaired) electrons. The molecule has 0 aliphatic carbocycles. The van der Waals surface area contributed by atoms with Crippen molar-refractivity contribution in [3.63, 3.8) is 0 Å². The zero-order chi connectivity index (χ0) is 11.5. The van der Waals surface area contributed by atoms with E-state index in [0.717, 1.165) is 10.3 Å². The highest BCUT2D eigenvalue weighted by atomic mass is 33.1. The Morgan fingerprint density at radius 3 is 2.75 bits per heavy atom. The molecule has 0 amide bonds. The van der Waals surface area contributed by atoms with E-state index in [9.17, 15) is 0 Å². The topological polar surface area (TPSA) is 69.2 Å². The van der Waals surface area contributed by atoms with Crippen LogP contribution in [0.3, 0.4) is 0 Å². The Kier molecular flexibility index (Phi) is 3.04. The number of fused-ring (bicyclic) bond motifs is 1. The van der Waals surface area contributed by atoms with Gasteiger partial charge in [0, 0.05) is 27.2 Å². The Bertz CT molecular complexity index is 624. The van der Waals surface area contributed by atoms with E-state index in [1.165, 1.54) is 28.9 Å². The summed E-state index contributed by atoms with van der Waals surface area (Å²) in [5, 5.41) is 19.0. The second-order valence-electron chi connectivity index (χ2n) is 2.87. The van der Waals surface area contributed by atoms with Gasteiger partial charge in [0.05, 0.1) is 12.5 Å². The number of benzene rings is 1. The SMILES string of the molecule is COc1cc2c(cc1=C(C#N)C#N)SSN=2. The first kappa shape index (κ1) is 10.9. The molecule has 1 heterocycles. The number of hydrogen-bond acceptors (Lipinski definition) is 6. The van der Waals surface area contributed by atoms with Crippen molar-refractivity contribution in [1.29, 1.82) is 10.5 Å². The van der Waals surface area contributed by atoms with Crippen LogP contribution in [0.25, 0.3) is 5.57 Å². The lowest BCUT2D eigenvalue weighted by atomic mass is 10.2. The summed E-state index contributed by atoms with van der Waals surface area (Å²) in [5.41, 5.74) is 0.0529. The van der Waals surface area contributed by atoms with Gasteiger partial charge in [-0.15, -0.1) is 0 Å². The summed E-state index contributed by atoms with van der Waals surface area (Å²) in [6, 6.07) is 7.24. The third kappa shape index (κ3) is 1.73. The maximum Gasteiger partial charge on any atom is 0.140 e. The lowest BCUT2D eigenvalue weighted by Crippen LogP contribution is -2.15. The van der Waals surface area contributed by atoms with E-state index in [0.29, 0.717) is 11.0 Å². The van der Waals surface area contributed by atoms with E-state index in [1.807, 2.05) is 12.1 Å². The van der Waals surface area contributed by atoms with Crippen LogP contribution >= 0.6 is 21.8 Å². The van der Waals surface area contributed by atoms with Crippen molar-refractivity contribution in [2.75, 3.05) is 7.11 Å². The minimum absolute atomic E-state index is 0.0529. The van der Waals surface area contributed by atoms with Crippen LogP contribution < -0.4 is 15.3 Å². The van der Waals surface area contributed by atoms with Crippen LogP contribution in [0.2, 0.25) is 0 Å². The highest BCUT2D eigenvalue weighted by Gasteiger charge is 2.11. The lowest BCUT2D eigenvalue weighted by molar-refractivity contribution is 0.410. The van der Waals surface area contributed by atoms with Crippen molar-refractivity contribution in [2.45, 2.75) is 4.90 Å². The predicted octanol–water partition coefficient (Wildman–Crippen LogP) is 1.18.